The lowest BCUT2D eigenvalue weighted by atomic mass is 10.1. The minimum absolute atomic E-state index is 0.0620. The Hall–Kier alpha value is -2.25. The third-order valence-electron chi connectivity index (χ3n) is 2.91. The van der Waals surface area contributed by atoms with Crippen LogP contribution in [0.15, 0.2) is 18.2 Å². The van der Waals surface area contributed by atoms with Crippen molar-refractivity contribution in [3.05, 3.63) is 29.3 Å². The summed E-state index contributed by atoms with van der Waals surface area (Å²) in [6.45, 7) is 0.304. The molecule has 0 aliphatic carbocycles. The molecule has 1 saturated heterocycles. The van der Waals surface area contributed by atoms with Gasteiger partial charge in [0.1, 0.15) is 0 Å². The highest BCUT2D eigenvalue weighted by Gasteiger charge is 2.32. The number of carbonyl (C=O) groups is 2. The highest BCUT2D eigenvalue weighted by Crippen LogP contribution is 2.32. The molecule has 1 amide bonds. The van der Waals surface area contributed by atoms with Crippen molar-refractivity contribution in [2.75, 3.05) is 11.9 Å². The van der Waals surface area contributed by atoms with Crippen LogP contribution in [0.1, 0.15) is 22.3 Å². The minimum atomic E-state index is -4.60. The second-order valence-corrected chi connectivity index (χ2v) is 4.41. The van der Waals surface area contributed by atoms with E-state index in [2.05, 4.69) is 10.6 Å². The van der Waals surface area contributed by atoms with Crippen LogP contribution in [0.2, 0.25) is 0 Å². The molecule has 3 N–H and O–H groups in total. The lowest BCUT2D eigenvalue weighted by molar-refractivity contribution is -0.137. The van der Waals surface area contributed by atoms with Crippen molar-refractivity contribution in [2.45, 2.75) is 18.6 Å². The number of anilines is 1. The number of rotatable bonds is 3. The smallest absolute Gasteiger partial charge is 0.416 e. The molecule has 1 aliphatic rings. The van der Waals surface area contributed by atoms with Gasteiger partial charge in [0.15, 0.2) is 0 Å². The summed E-state index contributed by atoms with van der Waals surface area (Å²) in [5.74, 6) is -1.65. The SMILES string of the molecule is O=C1CC(Nc2ccc(C(F)(F)F)cc2C(=O)O)CN1. The van der Waals surface area contributed by atoms with Gasteiger partial charge < -0.3 is 15.7 Å². The van der Waals surface area contributed by atoms with Gasteiger partial charge in [-0.3, -0.25) is 4.79 Å². The van der Waals surface area contributed by atoms with E-state index < -0.39 is 23.3 Å². The van der Waals surface area contributed by atoms with Crippen molar-refractivity contribution in [3.63, 3.8) is 0 Å². The van der Waals surface area contributed by atoms with E-state index in [1.165, 1.54) is 0 Å². The fourth-order valence-electron chi connectivity index (χ4n) is 1.95. The van der Waals surface area contributed by atoms with Crippen molar-refractivity contribution in [1.82, 2.24) is 5.32 Å². The van der Waals surface area contributed by atoms with Gasteiger partial charge in [0, 0.05) is 18.7 Å². The van der Waals surface area contributed by atoms with Crippen molar-refractivity contribution in [1.29, 1.82) is 0 Å². The molecule has 0 saturated carbocycles. The van der Waals surface area contributed by atoms with E-state index in [4.69, 9.17) is 5.11 Å². The molecule has 2 rings (SSSR count). The number of aromatic carboxylic acids is 1. The Labute approximate surface area is 111 Å². The van der Waals surface area contributed by atoms with E-state index in [1.807, 2.05) is 0 Å². The average Bonchev–Trinajstić information content (AvgIpc) is 2.73. The zero-order valence-electron chi connectivity index (χ0n) is 10.1. The zero-order valence-corrected chi connectivity index (χ0v) is 10.1. The number of amides is 1. The second-order valence-electron chi connectivity index (χ2n) is 4.41. The molecule has 1 heterocycles. The summed E-state index contributed by atoms with van der Waals surface area (Å²) in [4.78, 5) is 22.1. The van der Waals surface area contributed by atoms with Gasteiger partial charge in [0.25, 0.3) is 0 Å². The van der Waals surface area contributed by atoms with Gasteiger partial charge in [-0.25, -0.2) is 4.79 Å². The monoisotopic (exact) mass is 288 g/mol. The number of hydrogen-bond donors (Lipinski definition) is 3. The molecule has 0 radical (unpaired) electrons. The highest BCUT2D eigenvalue weighted by atomic mass is 19.4. The minimum Gasteiger partial charge on any atom is -0.478 e. The van der Waals surface area contributed by atoms with Crippen LogP contribution >= 0.6 is 0 Å². The molecule has 8 heteroatoms. The third kappa shape index (κ3) is 3.01. The van der Waals surface area contributed by atoms with E-state index in [1.54, 1.807) is 0 Å². The topological polar surface area (TPSA) is 78.4 Å². The summed E-state index contributed by atoms with van der Waals surface area (Å²) in [5.41, 5.74) is -1.44. The van der Waals surface area contributed by atoms with Crippen LogP contribution in [0.25, 0.3) is 0 Å². The number of alkyl halides is 3. The first kappa shape index (κ1) is 14.2. The zero-order chi connectivity index (χ0) is 14.9. The number of hydrogen-bond acceptors (Lipinski definition) is 3. The van der Waals surface area contributed by atoms with Gasteiger partial charge in [-0.2, -0.15) is 13.2 Å². The van der Waals surface area contributed by atoms with E-state index in [0.29, 0.717) is 12.6 Å². The molecule has 0 bridgehead atoms. The summed E-state index contributed by atoms with van der Waals surface area (Å²) in [6.07, 6.45) is -4.45. The van der Waals surface area contributed by atoms with E-state index in [-0.39, 0.29) is 24.1 Å². The van der Waals surface area contributed by atoms with Crippen LogP contribution in [-0.4, -0.2) is 29.6 Å². The maximum atomic E-state index is 12.6. The Balaban J connectivity index is 2.28. The molecule has 5 nitrogen and oxygen atoms in total. The van der Waals surface area contributed by atoms with Gasteiger partial charge in [0.05, 0.1) is 17.2 Å². The maximum Gasteiger partial charge on any atom is 0.416 e. The summed E-state index contributed by atoms with van der Waals surface area (Å²) in [5, 5.41) is 14.3. The molecular weight excluding hydrogens is 277 g/mol. The summed E-state index contributed by atoms with van der Waals surface area (Å²) in [6, 6.07) is 2.11. The lowest BCUT2D eigenvalue weighted by Crippen LogP contribution is -2.23. The number of carboxylic acid groups (broad SMARTS) is 1. The predicted octanol–water partition coefficient (Wildman–Crippen LogP) is 1.70. The van der Waals surface area contributed by atoms with Crippen molar-refractivity contribution in [2.24, 2.45) is 0 Å². The molecule has 1 unspecified atom stereocenters. The Morgan fingerprint density at radius 1 is 1.40 bits per heavy atom. The van der Waals surface area contributed by atoms with Crippen LogP contribution in [-0.2, 0) is 11.0 Å². The molecule has 1 aromatic rings. The molecule has 108 valence electrons. The summed E-state index contributed by atoms with van der Waals surface area (Å²) < 4.78 is 37.7. The lowest BCUT2D eigenvalue weighted by Gasteiger charge is -2.16. The Morgan fingerprint density at radius 2 is 2.10 bits per heavy atom. The average molecular weight is 288 g/mol. The Kier molecular flexibility index (Phi) is 3.56. The maximum absolute atomic E-state index is 12.6. The van der Waals surface area contributed by atoms with Crippen molar-refractivity contribution in [3.8, 4) is 0 Å². The van der Waals surface area contributed by atoms with Crippen LogP contribution in [0.4, 0.5) is 18.9 Å². The normalized spacial score (nSPS) is 18.8. The van der Waals surface area contributed by atoms with Crippen LogP contribution in [0.3, 0.4) is 0 Å². The van der Waals surface area contributed by atoms with Gasteiger partial charge in [-0.05, 0) is 18.2 Å². The van der Waals surface area contributed by atoms with Gasteiger partial charge in [-0.1, -0.05) is 0 Å². The number of nitrogens with one attached hydrogen (secondary N) is 2. The number of benzene rings is 1. The van der Waals surface area contributed by atoms with Gasteiger partial charge in [0.2, 0.25) is 5.91 Å². The molecule has 20 heavy (non-hydrogen) atoms. The van der Waals surface area contributed by atoms with Crippen LogP contribution < -0.4 is 10.6 Å². The molecular formula is C12H11F3N2O3. The number of carbonyl (C=O) groups excluding carboxylic acids is 1. The molecule has 0 aromatic heterocycles. The van der Waals surface area contributed by atoms with Crippen LogP contribution in [0.5, 0.6) is 0 Å². The number of halogens is 3. The standard InChI is InChI=1S/C12H11F3N2O3/c13-12(14,15)6-1-2-9(8(3-6)11(19)20)17-7-4-10(18)16-5-7/h1-3,7,17H,4-5H2,(H,16,18)(H,19,20). The van der Waals surface area contributed by atoms with E-state index >= 15 is 0 Å². The van der Waals surface area contributed by atoms with Gasteiger partial charge in [-0.15, -0.1) is 0 Å². The fourth-order valence-corrected chi connectivity index (χ4v) is 1.95. The first-order chi connectivity index (χ1) is 9.27. The highest BCUT2D eigenvalue weighted by molar-refractivity contribution is 5.94. The Bertz CT molecular complexity index is 557. The van der Waals surface area contributed by atoms with Gasteiger partial charge >= 0.3 is 12.1 Å². The molecule has 1 fully saturated rings. The fraction of sp³-hybridized carbons (Fsp3) is 0.333. The molecule has 1 aromatic carbocycles. The van der Waals surface area contributed by atoms with E-state index in [9.17, 15) is 22.8 Å². The third-order valence-corrected chi connectivity index (χ3v) is 2.91. The first-order valence-corrected chi connectivity index (χ1v) is 5.75. The summed E-state index contributed by atoms with van der Waals surface area (Å²) in [7, 11) is 0. The van der Waals surface area contributed by atoms with Crippen molar-refractivity contribution < 1.29 is 27.9 Å². The molecule has 1 aliphatic heterocycles. The predicted molar refractivity (Wildman–Crippen MR) is 63.4 cm³/mol. The largest absolute Gasteiger partial charge is 0.478 e. The number of carboxylic acids is 1. The quantitative estimate of drug-likeness (QED) is 0.791. The van der Waals surface area contributed by atoms with Crippen molar-refractivity contribution >= 4 is 17.6 Å². The van der Waals surface area contributed by atoms with E-state index in [0.717, 1.165) is 12.1 Å². The Morgan fingerprint density at radius 3 is 2.60 bits per heavy atom. The molecule has 0 spiro atoms. The summed E-state index contributed by atoms with van der Waals surface area (Å²) >= 11 is 0. The van der Waals surface area contributed by atoms with Crippen LogP contribution in [0, 0.1) is 0 Å². The second kappa shape index (κ2) is 5.03. The first-order valence-electron chi connectivity index (χ1n) is 5.75. The molecule has 1 atom stereocenters.